The molecule has 1 aromatic carbocycles. The Morgan fingerprint density at radius 2 is 2.00 bits per heavy atom. The molecule has 2 aromatic rings. The van der Waals surface area contributed by atoms with Gasteiger partial charge in [-0.25, -0.2) is 0 Å². The molecule has 1 N–H and O–H groups in total. The largest absolute Gasteiger partial charge is 0.355 e. The van der Waals surface area contributed by atoms with Gasteiger partial charge in [0.05, 0.1) is 5.25 Å². The molecule has 3 nitrogen and oxygen atoms in total. The molecule has 0 aliphatic carbocycles. The van der Waals surface area contributed by atoms with Gasteiger partial charge in [-0.05, 0) is 38.1 Å². The zero-order chi connectivity index (χ0) is 15.1. The van der Waals surface area contributed by atoms with Crippen molar-refractivity contribution in [2.45, 2.75) is 30.4 Å². The van der Waals surface area contributed by atoms with Crippen LogP contribution in [0.25, 0.3) is 0 Å². The Labute approximate surface area is 130 Å². The predicted molar refractivity (Wildman–Crippen MR) is 87.4 cm³/mol. The van der Waals surface area contributed by atoms with E-state index < -0.39 is 0 Å². The third-order valence-electron chi connectivity index (χ3n) is 3.11. The van der Waals surface area contributed by atoms with E-state index >= 15 is 0 Å². The zero-order valence-corrected chi connectivity index (χ0v) is 13.2. The lowest BCUT2D eigenvalue weighted by Crippen LogP contribution is -2.32. The van der Waals surface area contributed by atoms with E-state index in [2.05, 4.69) is 41.5 Å². The number of thioether (sulfide) groups is 1. The molecule has 1 aromatic heterocycles. The van der Waals surface area contributed by atoms with E-state index in [0.717, 1.165) is 17.0 Å². The van der Waals surface area contributed by atoms with E-state index in [0.29, 0.717) is 6.54 Å². The summed E-state index contributed by atoms with van der Waals surface area (Å²) in [6.07, 6.45) is 2.53. The number of hydrogen-bond acceptors (Lipinski definition) is 3. The molecule has 110 valence electrons. The van der Waals surface area contributed by atoms with Gasteiger partial charge in [0.1, 0.15) is 0 Å². The van der Waals surface area contributed by atoms with Gasteiger partial charge >= 0.3 is 0 Å². The van der Waals surface area contributed by atoms with Crippen molar-refractivity contribution in [3.8, 4) is 0 Å². The normalized spacial score (nSPS) is 11.9. The van der Waals surface area contributed by atoms with Crippen LogP contribution in [0.3, 0.4) is 0 Å². The van der Waals surface area contributed by atoms with Crippen LogP contribution < -0.4 is 5.32 Å². The minimum atomic E-state index is -0.101. The maximum atomic E-state index is 12.1. The first kappa shape index (κ1) is 15.6. The van der Waals surface area contributed by atoms with Gasteiger partial charge in [0.15, 0.2) is 0 Å². The van der Waals surface area contributed by atoms with Crippen molar-refractivity contribution >= 4 is 17.7 Å². The molecule has 0 saturated heterocycles. The second-order valence-corrected chi connectivity index (χ2v) is 6.35. The number of carbonyl (C=O) groups excluding carboxylic acids is 1. The molecule has 0 fully saturated rings. The highest BCUT2D eigenvalue weighted by molar-refractivity contribution is 8.00. The van der Waals surface area contributed by atoms with Crippen molar-refractivity contribution in [1.29, 1.82) is 0 Å². The summed E-state index contributed by atoms with van der Waals surface area (Å²) in [4.78, 5) is 17.4. The quantitative estimate of drug-likeness (QED) is 0.833. The molecule has 0 radical (unpaired) electrons. The Balaban J connectivity index is 1.76. The highest BCUT2D eigenvalue weighted by Gasteiger charge is 2.13. The van der Waals surface area contributed by atoms with E-state index in [1.807, 2.05) is 25.1 Å². The summed E-state index contributed by atoms with van der Waals surface area (Å²) in [5.74, 6) is 0.0662. The lowest BCUT2D eigenvalue weighted by atomic mass is 10.2. The molecule has 2 rings (SSSR count). The fourth-order valence-electron chi connectivity index (χ4n) is 1.88. The summed E-state index contributed by atoms with van der Waals surface area (Å²) in [7, 11) is 0. The first-order valence-corrected chi connectivity index (χ1v) is 7.94. The topological polar surface area (TPSA) is 42.0 Å². The molecule has 0 aliphatic rings. The van der Waals surface area contributed by atoms with Gasteiger partial charge in [-0.3, -0.25) is 9.78 Å². The molecule has 0 bridgehead atoms. The summed E-state index contributed by atoms with van der Waals surface area (Å²) in [5.41, 5.74) is 2.23. The van der Waals surface area contributed by atoms with Gasteiger partial charge in [-0.15, -0.1) is 11.8 Å². The Morgan fingerprint density at radius 1 is 1.24 bits per heavy atom. The van der Waals surface area contributed by atoms with E-state index in [1.165, 1.54) is 5.56 Å². The summed E-state index contributed by atoms with van der Waals surface area (Å²) in [5, 5.41) is 2.86. The van der Waals surface area contributed by atoms with E-state index in [4.69, 9.17) is 0 Å². The summed E-state index contributed by atoms with van der Waals surface area (Å²) >= 11 is 1.58. The lowest BCUT2D eigenvalue weighted by Gasteiger charge is -2.12. The Hall–Kier alpha value is -1.81. The first-order valence-electron chi connectivity index (χ1n) is 7.06. The molecule has 1 unspecified atom stereocenters. The molecule has 0 aliphatic heterocycles. The maximum Gasteiger partial charge on any atom is 0.233 e. The van der Waals surface area contributed by atoms with Gasteiger partial charge in [0, 0.05) is 29.8 Å². The Bertz CT molecular complexity index is 569. The van der Waals surface area contributed by atoms with Crippen LogP contribution in [0.4, 0.5) is 0 Å². The molecule has 1 amide bonds. The minimum Gasteiger partial charge on any atom is -0.355 e. The molecule has 0 spiro atoms. The molecule has 1 heterocycles. The minimum absolute atomic E-state index is 0.0662. The molecular formula is C17H20N2OS. The number of aromatic nitrogens is 1. The van der Waals surface area contributed by atoms with E-state index in [-0.39, 0.29) is 11.2 Å². The van der Waals surface area contributed by atoms with Crippen LogP contribution in [-0.4, -0.2) is 22.7 Å². The molecule has 1 atom stereocenters. The second kappa shape index (κ2) is 7.84. The van der Waals surface area contributed by atoms with Crippen molar-refractivity contribution in [2.75, 3.05) is 6.54 Å². The van der Waals surface area contributed by atoms with Gasteiger partial charge in [0.25, 0.3) is 0 Å². The number of amides is 1. The Morgan fingerprint density at radius 3 is 2.67 bits per heavy atom. The lowest BCUT2D eigenvalue weighted by molar-refractivity contribution is -0.120. The van der Waals surface area contributed by atoms with Crippen LogP contribution in [0, 0.1) is 6.92 Å². The van der Waals surface area contributed by atoms with Gasteiger partial charge in [0.2, 0.25) is 5.91 Å². The van der Waals surface area contributed by atoms with Crippen molar-refractivity contribution in [1.82, 2.24) is 10.3 Å². The fraction of sp³-hybridized carbons (Fsp3) is 0.294. The van der Waals surface area contributed by atoms with Crippen LogP contribution in [0.2, 0.25) is 0 Å². The van der Waals surface area contributed by atoms with Gasteiger partial charge in [-0.2, -0.15) is 0 Å². The fourth-order valence-corrected chi connectivity index (χ4v) is 2.77. The van der Waals surface area contributed by atoms with Crippen LogP contribution in [0.1, 0.15) is 18.2 Å². The first-order chi connectivity index (χ1) is 10.1. The molecule has 4 heteroatoms. The number of pyridine rings is 1. The number of benzene rings is 1. The average molecular weight is 300 g/mol. The summed E-state index contributed by atoms with van der Waals surface area (Å²) in [6, 6.07) is 14.1. The van der Waals surface area contributed by atoms with Crippen molar-refractivity contribution < 1.29 is 4.79 Å². The van der Waals surface area contributed by atoms with Crippen molar-refractivity contribution in [3.63, 3.8) is 0 Å². The third kappa shape index (κ3) is 5.23. The van der Waals surface area contributed by atoms with Crippen molar-refractivity contribution in [3.05, 3.63) is 59.9 Å². The SMILES string of the molecule is Cc1ccc(SC(C)C(=O)NCCc2ccccn2)cc1. The van der Waals surface area contributed by atoms with Crippen LogP contribution in [0.15, 0.2) is 53.6 Å². The summed E-state index contributed by atoms with van der Waals surface area (Å²) < 4.78 is 0. The predicted octanol–water partition coefficient (Wildman–Crippen LogP) is 3.23. The number of rotatable bonds is 6. The standard InChI is InChI=1S/C17H20N2OS/c1-13-6-8-16(9-7-13)21-14(2)17(20)19-12-10-15-5-3-4-11-18-15/h3-9,11,14H,10,12H2,1-2H3,(H,19,20). The second-order valence-electron chi connectivity index (χ2n) is 4.94. The maximum absolute atomic E-state index is 12.1. The third-order valence-corrected chi connectivity index (χ3v) is 4.22. The van der Waals surface area contributed by atoms with Crippen LogP contribution in [-0.2, 0) is 11.2 Å². The summed E-state index contributed by atoms with van der Waals surface area (Å²) in [6.45, 7) is 4.61. The van der Waals surface area contributed by atoms with Crippen molar-refractivity contribution in [2.24, 2.45) is 0 Å². The van der Waals surface area contributed by atoms with E-state index in [9.17, 15) is 4.79 Å². The number of nitrogens with zero attached hydrogens (tertiary/aromatic N) is 1. The molecular weight excluding hydrogens is 280 g/mol. The van der Waals surface area contributed by atoms with Crippen LogP contribution in [0.5, 0.6) is 0 Å². The zero-order valence-electron chi connectivity index (χ0n) is 12.4. The number of hydrogen-bond donors (Lipinski definition) is 1. The highest BCUT2D eigenvalue weighted by atomic mass is 32.2. The number of aryl methyl sites for hydroxylation is 1. The van der Waals surface area contributed by atoms with Gasteiger partial charge in [-0.1, -0.05) is 23.8 Å². The highest BCUT2D eigenvalue weighted by Crippen LogP contribution is 2.23. The monoisotopic (exact) mass is 300 g/mol. The number of carbonyl (C=O) groups is 1. The van der Waals surface area contributed by atoms with Crippen LogP contribution >= 0.6 is 11.8 Å². The molecule has 0 saturated carbocycles. The smallest absolute Gasteiger partial charge is 0.233 e. The van der Waals surface area contributed by atoms with Gasteiger partial charge < -0.3 is 5.32 Å². The molecule has 21 heavy (non-hydrogen) atoms. The van der Waals surface area contributed by atoms with E-state index in [1.54, 1.807) is 18.0 Å². The Kier molecular flexibility index (Phi) is 5.81. The average Bonchev–Trinajstić information content (AvgIpc) is 2.50. The number of nitrogens with one attached hydrogen (secondary N) is 1.